The van der Waals surface area contributed by atoms with Gasteiger partial charge in [0.2, 0.25) is 10.0 Å². The smallest absolute Gasteiger partial charge is 0.257 e. The molecule has 1 N–H and O–H groups in total. The molecule has 0 saturated carbocycles. The molecule has 1 atom stereocenters. The number of carbonyl (C=O) groups excluding carboxylic acids is 1. The van der Waals surface area contributed by atoms with E-state index in [2.05, 4.69) is 10.3 Å². The second kappa shape index (κ2) is 10.0. The lowest BCUT2D eigenvalue weighted by atomic mass is 10.1. The third kappa shape index (κ3) is 4.76. The van der Waals surface area contributed by atoms with Crippen molar-refractivity contribution in [2.45, 2.75) is 44.0 Å². The van der Waals surface area contributed by atoms with Gasteiger partial charge in [0, 0.05) is 28.9 Å². The monoisotopic (exact) mass is 525 g/mol. The quantitative estimate of drug-likeness (QED) is 0.329. The van der Waals surface area contributed by atoms with Crippen LogP contribution in [0.1, 0.15) is 43.5 Å². The number of nitrogens with one attached hydrogen (secondary N) is 1. The topological polar surface area (TPSA) is 102 Å². The van der Waals surface area contributed by atoms with E-state index in [9.17, 15) is 13.2 Å². The van der Waals surface area contributed by atoms with Crippen molar-refractivity contribution in [2.75, 3.05) is 18.5 Å². The third-order valence-corrected chi connectivity index (χ3v) is 9.04. The Kier molecular flexibility index (Phi) is 6.83. The third-order valence-electron chi connectivity index (χ3n) is 6.25. The van der Waals surface area contributed by atoms with Crippen LogP contribution in [-0.4, -0.2) is 42.8 Å². The van der Waals surface area contributed by atoms with Crippen LogP contribution in [0.25, 0.3) is 22.4 Å². The number of hydrogen-bond donors (Lipinski definition) is 1. The zero-order valence-corrected chi connectivity index (χ0v) is 21.7. The summed E-state index contributed by atoms with van der Waals surface area (Å²) in [7, 11) is -3.59. The number of para-hydroxylation sites is 1. The number of anilines is 1. The predicted molar refractivity (Wildman–Crippen MR) is 140 cm³/mol. The van der Waals surface area contributed by atoms with Gasteiger partial charge in [0.15, 0.2) is 22.2 Å². The number of rotatable bonds is 7. The fraction of sp³-hybridized carbons (Fsp3) is 0.308. The van der Waals surface area contributed by atoms with Crippen molar-refractivity contribution in [2.24, 2.45) is 0 Å². The second-order valence-electron chi connectivity index (χ2n) is 8.70. The Balaban J connectivity index is 1.30. The van der Waals surface area contributed by atoms with Crippen molar-refractivity contribution in [3.63, 3.8) is 0 Å². The molecule has 5 rings (SSSR count). The number of ether oxygens (including phenoxy) is 1. The number of nitrogens with zero attached hydrogens (tertiary/aromatic N) is 2. The minimum atomic E-state index is -3.59. The lowest BCUT2D eigenvalue weighted by Crippen LogP contribution is -2.41. The molecule has 2 aromatic carbocycles. The Hall–Kier alpha value is -3.21. The highest BCUT2D eigenvalue weighted by atomic mass is 32.2. The van der Waals surface area contributed by atoms with Crippen molar-refractivity contribution in [3.05, 3.63) is 59.5 Å². The van der Waals surface area contributed by atoms with E-state index in [0.717, 1.165) is 24.6 Å². The van der Waals surface area contributed by atoms with Gasteiger partial charge in [-0.1, -0.05) is 18.6 Å². The molecule has 0 spiro atoms. The molecule has 0 unspecified atom stereocenters. The van der Waals surface area contributed by atoms with E-state index in [1.165, 1.54) is 35.6 Å². The Labute approximate surface area is 214 Å². The summed E-state index contributed by atoms with van der Waals surface area (Å²) >= 11 is 1.28. The van der Waals surface area contributed by atoms with Crippen molar-refractivity contribution in [3.8, 4) is 17.2 Å². The van der Waals surface area contributed by atoms with Gasteiger partial charge in [-0.15, -0.1) is 11.3 Å². The molecule has 10 heteroatoms. The van der Waals surface area contributed by atoms with Gasteiger partial charge in [-0.2, -0.15) is 4.31 Å². The minimum Gasteiger partial charge on any atom is -0.490 e. The first-order valence-corrected chi connectivity index (χ1v) is 14.2. The zero-order valence-electron chi connectivity index (χ0n) is 20.1. The SMILES string of the molecule is CCOc1cccc2cc(-c3csc(NC(=O)c4ccc(S(=O)(=O)N5CCCC[C@@H]5C)cc4)n3)oc12. The molecule has 1 aliphatic rings. The summed E-state index contributed by atoms with van der Waals surface area (Å²) in [5, 5.41) is 5.92. The van der Waals surface area contributed by atoms with Gasteiger partial charge in [0.25, 0.3) is 5.91 Å². The molecule has 0 aliphatic carbocycles. The number of hydrogen-bond acceptors (Lipinski definition) is 7. The summed E-state index contributed by atoms with van der Waals surface area (Å²) in [6.07, 6.45) is 2.76. The molecule has 2 aromatic heterocycles. The van der Waals surface area contributed by atoms with Gasteiger partial charge in [-0.25, -0.2) is 13.4 Å². The van der Waals surface area contributed by atoms with Crippen LogP contribution >= 0.6 is 11.3 Å². The van der Waals surface area contributed by atoms with Crippen molar-refractivity contribution in [1.82, 2.24) is 9.29 Å². The van der Waals surface area contributed by atoms with Gasteiger partial charge in [0.05, 0.1) is 11.5 Å². The summed E-state index contributed by atoms with van der Waals surface area (Å²) in [6.45, 7) is 4.91. The molecule has 1 saturated heterocycles. The van der Waals surface area contributed by atoms with Crippen LogP contribution in [0.4, 0.5) is 5.13 Å². The lowest BCUT2D eigenvalue weighted by Gasteiger charge is -2.32. The van der Waals surface area contributed by atoms with E-state index in [4.69, 9.17) is 9.15 Å². The maximum Gasteiger partial charge on any atom is 0.257 e. The molecule has 4 aromatic rings. The van der Waals surface area contributed by atoms with E-state index < -0.39 is 10.0 Å². The number of furan rings is 1. The van der Waals surface area contributed by atoms with Gasteiger partial charge in [0.1, 0.15) is 5.69 Å². The summed E-state index contributed by atoms with van der Waals surface area (Å²) in [6, 6.07) is 13.6. The number of fused-ring (bicyclic) bond motifs is 1. The highest BCUT2D eigenvalue weighted by Crippen LogP contribution is 2.34. The maximum absolute atomic E-state index is 13.0. The number of sulfonamides is 1. The molecule has 1 aliphatic heterocycles. The van der Waals surface area contributed by atoms with Crippen LogP contribution in [0.2, 0.25) is 0 Å². The molecular formula is C26H27N3O5S2. The molecule has 36 heavy (non-hydrogen) atoms. The second-order valence-corrected chi connectivity index (χ2v) is 11.4. The molecule has 188 valence electrons. The number of thiazole rings is 1. The fourth-order valence-electron chi connectivity index (χ4n) is 4.39. The number of piperidine rings is 1. The summed E-state index contributed by atoms with van der Waals surface area (Å²) < 4.78 is 39.2. The Morgan fingerprint density at radius 1 is 1.22 bits per heavy atom. The van der Waals surface area contributed by atoms with Gasteiger partial charge in [-0.3, -0.25) is 10.1 Å². The summed E-state index contributed by atoms with van der Waals surface area (Å²) in [5.74, 6) is 0.884. The van der Waals surface area contributed by atoms with Crippen molar-refractivity contribution < 1.29 is 22.4 Å². The molecule has 1 amide bonds. The average molecular weight is 526 g/mol. The van der Waals surface area contributed by atoms with Gasteiger partial charge in [-0.05, 0) is 63.1 Å². The Morgan fingerprint density at radius 3 is 2.78 bits per heavy atom. The number of carbonyl (C=O) groups is 1. The van der Waals surface area contributed by atoms with Crippen LogP contribution in [0.5, 0.6) is 5.75 Å². The predicted octanol–water partition coefficient (Wildman–Crippen LogP) is 5.77. The Bertz CT molecular complexity index is 1490. The van der Waals surface area contributed by atoms with Crippen LogP contribution < -0.4 is 10.1 Å². The number of aromatic nitrogens is 1. The average Bonchev–Trinajstić information content (AvgIpc) is 3.52. The molecule has 8 nitrogen and oxygen atoms in total. The number of amides is 1. The van der Waals surface area contributed by atoms with E-state index in [1.54, 1.807) is 4.31 Å². The molecule has 1 fully saturated rings. The van der Waals surface area contributed by atoms with E-state index in [0.29, 0.717) is 46.6 Å². The van der Waals surface area contributed by atoms with E-state index >= 15 is 0 Å². The lowest BCUT2D eigenvalue weighted by molar-refractivity contribution is 0.102. The zero-order chi connectivity index (χ0) is 25.3. The first kappa shape index (κ1) is 24.5. The molecule has 0 bridgehead atoms. The highest BCUT2D eigenvalue weighted by Gasteiger charge is 2.31. The van der Waals surface area contributed by atoms with Gasteiger partial charge >= 0.3 is 0 Å². The molecular weight excluding hydrogens is 498 g/mol. The van der Waals surface area contributed by atoms with Gasteiger partial charge < -0.3 is 9.15 Å². The molecule has 3 heterocycles. The normalized spacial score (nSPS) is 16.8. The maximum atomic E-state index is 13.0. The standard InChI is InChI=1S/C26H27N3O5S2/c1-3-33-22-9-6-8-19-15-23(34-24(19)22)21-16-35-26(27-21)28-25(30)18-10-12-20(13-11-18)36(31,32)29-14-5-4-7-17(29)2/h6,8-13,15-17H,3-5,7,14H2,1-2H3,(H,27,28,30)/t17-/m0/s1. The van der Waals surface area contributed by atoms with Crippen LogP contribution in [0.15, 0.2) is 63.2 Å². The van der Waals surface area contributed by atoms with E-state index in [1.807, 2.05) is 43.5 Å². The first-order valence-electron chi connectivity index (χ1n) is 11.9. The van der Waals surface area contributed by atoms with E-state index in [-0.39, 0.29) is 16.8 Å². The Morgan fingerprint density at radius 2 is 2.03 bits per heavy atom. The fourth-order valence-corrected chi connectivity index (χ4v) is 6.78. The van der Waals surface area contributed by atoms with Crippen LogP contribution in [0, 0.1) is 0 Å². The highest BCUT2D eigenvalue weighted by molar-refractivity contribution is 7.89. The summed E-state index contributed by atoms with van der Waals surface area (Å²) in [5.41, 5.74) is 1.61. The van der Waals surface area contributed by atoms with Crippen LogP contribution in [-0.2, 0) is 10.0 Å². The summed E-state index contributed by atoms with van der Waals surface area (Å²) in [4.78, 5) is 17.5. The minimum absolute atomic E-state index is 0.0247. The number of benzene rings is 2. The first-order chi connectivity index (χ1) is 17.4. The largest absolute Gasteiger partial charge is 0.490 e. The van der Waals surface area contributed by atoms with Crippen LogP contribution in [0.3, 0.4) is 0 Å². The van der Waals surface area contributed by atoms with Crippen molar-refractivity contribution >= 4 is 43.4 Å². The van der Waals surface area contributed by atoms with Crippen molar-refractivity contribution in [1.29, 1.82) is 0 Å². The molecule has 0 radical (unpaired) electrons.